The second-order valence-electron chi connectivity index (χ2n) is 8.99. The van der Waals surface area contributed by atoms with E-state index >= 15 is 0 Å². The van der Waals surface area contributed by atoms with Crippen LogP contribution in [0, 0.1) is 17.8 Å². The second-order valence-corrected chi connectivity index (χ2v) is 10.5. The van der Waals surface area contributed by atoms with E-state index in [1.54, 1.807) is 16.7 Å². The molecular formula is C21H33NO2S. The zero-order valence-electron chi connectivity index (χ0n) is 15.5. The summed E-state index contributed by atoms with van der Waals surface area (Å²) in [5.41, 5.74) is 0. The third-order valence-electron chi connectivity index (χ3n) is 7.16. The maximum absolute atomic E-state index is 12.6. The fourth-order valence-corrected chi connectivity index (χ4v) is 6.97. The minimum Gasteiger partial charge on any atom is -0.282 e. The predicted octanol–water partition coefficient (Wildman–Crippen LogP) is 4.79. The summed E-state index contributed by atoms with van der Waals surface area (Å²) in [6, 6.07) is 0. The number of likely N-dealkylation sites (tertiary alicyclic amines) is 1. The first-order valence-electron chi connectivity index (χ1n) is 10.7. The molecule has 1 aliphatic heterocycles. The molecule has 140 valence electrons. The van der Waals surface area contributed by atoms with Crippen molar-refractivity contribution in [2.24, 2.45) is 17.8 Å². The molecule has 25 heavy (non-hydrogen) atoms. The number of hydrogen-bond acceptors (Lipinski definition) is 3. The highest BCUT2D eigenvalue weighted by Gasteiger charge is 2.40. The van der Waals surface area contributed by atoms with Gasteiger partial charge in [0.05, 0.1) is 5.25 Å². The molecule has 2 amide bonds. The largest absolute Gasteiger partial charge is 0.282 e. The summed E-state index contributed by atoms with van der Waals surface area (Å²) in [7, 11) is 0. The summed E-state index contributed by atoms with van der Waals surface area (Å²) >= 11 is 1.79. The van der Waals surface area contributed by atoms with Gasteiger partial charge < -0.3 is 0 Å². The average molecular weight is 364 g/mol. The Morgan fingerprint density at radius 1 is 0.880 bits per heavy atom. The maximum atomic E-state index is 12.6. The van der Waals surface area contributed by atoms with Crippen molar-refractivity contribution < 1.29 is 9.59 Å². The van der Waals surface area contributed by atoms with Crippen molar-refractivity contribution >= 4 is 23.6 Å². The quantitative estimate of drug-likeness (QED) is 0.611. The zero-order chi connectivity index (χ0) is 17.2. The minimum atomic E-state index is -0.0782. The monoisotopic (exact) mass is 363 g/mol. The predicted molar refractivity (Wildman–Crippen MR) is 102 cm³/mol. The van der Waals surface area contributed by atoms with Crippen LogP contribution in [0.15, 0.2) is 0 Å². The van der Waals surface area contributed by atoms with Gasteiger partial charge in [-0.2, -0.15) is 0 Å². The summed E-state index contributed by atoms with van der Waals surface area (Å²) in [6.45, 7) is 0.681. The van der Waals surface area contributed by atoms with Crippen LogP contribution in [0.5, 0.6) is 0 Å². The second kappa shape index (κ2) is 8.02. The van der Waals surface area contributed by atoms with Crippen LogP contribution in [0.25, 0.3) is 0 Å². The summed E-state index contributed by atoms with van der Waals surface area (Å²) < 4.78 is 0. The van der Waals surface area contributed by atoms with Crippen molar-refractivity contribution in [2.75, 3.05) is 6.54 Å². The molecule has 1 saturated heterocycles. The lowest BCUT2D eigenvalue weighted by molar-refractivity contribution is -0.138. The van der Waals surface area contributed by atoms with E-state index in [-0.39, 0.29) is 17.1 Å². The molecule has 3 nitrogen and oxygen atoms in total. The Bertz CT molecular complexity index is 498. The van der Waals surface area contributed by atoms with Crippen molar-refractivity contribution in [1.29, 1.82) is 0 Å². The highest BCUT2D eigenvalue weighted by atomic mass is 32.2. The smallest absolute Gasteiger partial charge is 0.242 e. The molecule has 4 rings (SSSR count). The Balaban J connectivity index is 1.21. The number of carbonyl (C=O) groups is 2. The van der Waals surface area contributed by atoms with Gasteiger partial charge in [0.1, 0.15) is 0 Å². The molecule has 1 heterocycles. The van der Waals surface area contributed by atoms with E-state index in [4.69, 9.17) is 0 Å². The van der Waals surface area contributed by atoms with Crippen LogP contribution in [0.2, 0.25) is 0 Å². The molecule has 0 bridgehead atoms. The van der Waals surface area contributed by atoms with Crippen molar-refractivity contribution in [1.82, 2.24) is 4.90 Å². The van der Waals surface area contributed by atoms with Crippen LogP contribution < -0.4 is 0 Å². The Morgan fingerprint density at radius 3 is 2.36 bits per heavy atom. The van der Waals surface area contributed by atoms with Gasteiger partial charge in [-0.1, -0.05) is 44.9 Å². The van der Waals surface area contributed by atoms with Crippen molar-refractivity contribution in [3.8, 4) is 0 Å². The standard InChI is InChI=1S/C21H33NO2S/c23-20-14-19(25-18-6-1-2-7-18)21(24)22(20)11-10-16-8-9-17(13-16)12-15-4-3-5-15/h15-19H,1-14H2. The lowest BCUT2D eigenvalue weighted by atomic mass is 9.78. The third-order valence-corrected chi connectivity index (χ3v) is 8.72. The number of amides is 2. The van der Waals surface area contributed by atoms with E-state index in [1.807, 2.05) is 0 Å². The van der Waals surface area contributed by atoms with Gasteiger partial charge >= 0.3 is 0 Å². The molecule has 4 fully saturated rings. The normalized spacial score (nSPS) is 34.2. The van der Waals surface area contributed by atoms with Gasteiger partial charge in [-0.05, 0) is 49.9 Å². The van der Waals surface area contributed by atoms with E-state index in [0.29, 0.717) is 18.2 Å². The summed E-state index contributed by atoms with van der Waals surface area (Å²) in [4.78, 5) is 26.6. The molecule has 0 radical (unpaired) electrons. The number of carbonyl (C=O) groups excluding carboxylic acids is 2. The van der Waals surface area contributed by atoms with Crippen LogP contribution in [0.1, 0.15) is 83.5 Å². The van der Waals surface area contributed by atoms with E-state index in [1.165, 1.54) is 70.6 Å². The van der Waals surface area contributed by atoms with Gasteiger partial charge in [0, 0.05) is 18.2 Å². The van der Waals surface area contributed by atoms with E-state index in [2.05, 4.69) is 0 Å². The molecule has 0 spiro atoms. The van der Waals surface area contributed by atoms with Crippen LogP contribution in [0.3, 0.4) is 0 Å². The number of rotatable bonds is 7. The van der Waals surface area contributed by atoms with Crippen molar-refractivity contribution in [3.63, 3.8) is 0 Å². The van der Waals surface area contributed by atoms with Gasteiger partial charge in [0.15, 0.2) is 0 Å². The number of thioether (sulfide) groups is 1. The fourth-order valence-electron chi connectivity index (χ4n) is 5.42. The molecule has 0 aromatic carbocycles. The van der Waals surface area contributed by atoms with Crippen molar-refractivity contribution in [2.45, 2.75) is 94.0 Å². The SMILES string of the molecule is O=C1CC(SC2CCCC2)C(=O)N1CCC1CCC(CC2CCC2)C1. The first-order chi connectivity index (χ1) is 12.2. The maximum Gasteiger partial charge on any atom is 0.242 e. The molecule has 3 saturated carbocycles. The molecular weight excluding hydrogens is 330 g/mol. The fraction of sp³-hybridized carbons (Fsp3) is 0.905. The Hall–Kier alpha value is -0.510. The molecule has 3 aliphatic carbocycles. The summed E-state index contributed by atoms with van der Waals surface area (Å²) in [5, 5.41) is 0.536. The molecule has 0 aromatic heterocycles. The summed E-state index contributed by atoms with van der Waals surface area (Å²) in [5.74, 6) is 2.88. The average Bonchev–Trinajstić information content (AvgIpc) is 3.26. The molecule has 3 unspecified atom stereocenters. The lowest BCUT2D eigenvalue weighted by Gasteiger charge is -2.28. The highest BCUT2D eigenvalue weighted by Crippen LogP contribution is 2.42. The first-order valence-corrected chi connectivity index (χ1v) is 11.6. The first kappa shape index (κ1) is 17.9. The molecule has 0 aromatic rings. The molecule has 4 aliphatic rings. The van der Waals surface area contributed by atoms with Crippen molar-refractivity contribution in [3.05, 3.63) is 0 Å². The van der Waals surface area contributed by atoms with Crippen LogP contribution in [-0.4, -0.2) is 33.8 Å². The molecule has 3 atom stereocenters. The minimum absolute atomic E-state index is 0.0782. The molecule has 4 heteroatoms. The Labute approximate surface area is 156 Å². The number of imide groups is 1. The van der Waals surface area contributed by atoms with E-state index < -0.39 is 0 Å². The van der Waals surface area contributed by atoms with Gasteiger partial charge in [-0.15, -0.1) is 11.8 Å². The van der Waals surface area contributed by atoms with Gasteiger partial charge in [-0.3, -0.25) is 14.5 Å². The van der Waals surface area contributed by atoms with Crippen LogP contribution in [-0.2, 0) is 9.59 Å². The summed E-state index contributed by atoms with van der Waals surface area (Å²) in [6.07, 6.45) is 16.4. The van der Waals surface area contributed by atoms with Gasteiger partial charge in [0.2, 0.25) is 11.8 Å². The zero-order valence-corrected chi connectivity index (χ0v) is 16.3. The number of hydrogen-bond donors (Lipinski definition) is 0. The lowest BCUT2D eigenvalue weighted by Crippen LogP contribution is -2.33. The van der Waals surface area contributed by atoms with Gasteiger partial charge in [0.25, 0.3) is 0 Å². The Morgan fingerprint density at radius 2 is 1.64 bits per heavy atom. The highest BCUT2D eigenvalue weighted by molar-refractivity contribution is 8.01. The Kier molecular flexibility index (Phi) is 5.74. The van der Waals surface area contributed by atoms with E-state index in [9.17, 15) is 9.59 Å². The number of nitrogens with zero attached hydrogens (tertiary/aromatic N) is 1. The van der Waals surface area contributed by atoms with Gasteiger partial charge in [-0.25, -0.2) is 0 Å². The van der Waals surface area contributed by atoms with Crippen LogP contribution in [0.4, 0.5) is 0 Å². The molecule has 0 N–H and O–H groups in total. The van der Waals surface area contributed by atoms with E-state index in [0.717, 1.165) is 24.2 Å². The van der Waals surface area contributed by atoms with Crippen LogP contribution >= 0.6 is 11.8 Å². The topological polar surface area (TPSA) is 37.4 Å². The third kappa shape index (κ3) is 4.26.